The molecule has 0 amide bonds. The van der Waals surface area contributed by atoms with Crippen LogP contribution in [0.3, 0.4) is 0 Å². The van der Waals surface area contributed by atoms with Crippen LogP contribution in [0.25, 0.3) is 0 Å². The molecule has 222 valence electrons. The van der Waals surface area contributed by atoms with Gasteiger partial charge in [0, 0.05) is 32.0 Å². The van der Waals surface area contributed by atoms with E-state index in [1.807, 2.05) is 12.1 Å². The van der Waals surface area contributed by atoms with Gasteiger partial charge in [0.25, 0.3) is 0 Å². The van der Waals surface area contributed by atoms with Gasteiger partial charge in [-0.25, -0.2) is 14.0 Å². The fraction of sp³-hybridized carbons (Fsp3) is 0.448. The highest BCUT2D eigenvalue weighted by molar-refractivity contribution is 5.98. The summed E-state index contributed by atoms with van der Waals surface area (Å²) in [6.07, 6.45) is 5.16. The quantitative estimate of drug-likeness (QED) is 0.114. The van der Waals surface area contributed by atoms with Crippen molar-refractivity contribution in [3.05, 3.63) is 59.4 Å². The lowest BCUT2D eigenvalue weighted by atomic mass is 9.92. The first-order chi connectivity index (χ1) is 19.7. The summed E-state index contributed by atoms with van der Waals surface area (Å²) < 4.78 is 25.9. The maximum absolute atomic E-state index is 14.3. The minimum absolute atomic E-state index is 0.0428. The van der Waals surface area contributed by atoms with E-state index in [2.05, 4.69) is 24.9 Å². The van der Waals surface area contributed by atoms with Crippen molar-refractivity contribution in [2.75, 3.05) is 32.8 Å². The largest absolute Gasteiger partial charge is 0.494 e. The number of halogens is 1. The van der Waals surface area contributed by atoms with Gasteiger partial charge < -0.3 is 35.5 Å². The van der Waals surface area contributed by atoms with E-state index in [0.717, 1.165) is 57.5 Å². The zero-order valence-electron chi connectivity index (χ0n) is 23.5. The summed E-state index contributed by atoms with van der Waals surface area (Å²) in [7, 11) is 0. The zero-order chi connectivity index (χ0) is 29.6. The summed E-state index contributed by atoms with van der Waals surface area (Å²) in [5, 5.41) is 6.97. The van der Waals surface area contributed by atoms with Crippen LogP contribution in [0.1, 0.15) is 57.1 Å². The molecule has 0 aromatic heterocycles. The predicted molar refractivity (Wildman–Crippen MR) is 152 cm³/mol. The summed E-state index contributed by atoms with van der Waals surface area (Å²) in [4.78, 5) is 33.1. The number of likely N-dealkylation sites (tertiary alicyclic amines) is 1. The van der Waals surface area contributed by atoms with E-state index < -0.39 is 17.8 Å². The van der Waals surface area contributed by atoms with Crippen LogP contribution in [0.15, 0.2) is 52.8 Å². The molecule has 12 heteroatoms. The van der Waals surface area contributed by atoms with Gasteiger partial charge in [-0.05, 0) is 87.5 Å². The van der Waals surface area contributed by atoms with Crippen molar-refractivity contribution in [1.82, 2.24) is 4.90 Å². The molecule has 0 atom stereocenters. The first-order valence-electron chi connectivity index (χ1n) is 13.6. The lowest BCUT2D eigenvalue weighted by Gasteiger charge is -2.32. The Morgan fingerprint density at radius 1 is 0.878 bits per heavy atom. The highest BCUT2D eigenvalue weighted by Gasteiger charge is 2.18. The van der Waals surface area contributed by atoms with Crippen LogP contribution in [0.2, 0.25) is 0 Å². The van der Waals surface area contributed by atoms with Crippen LogP contribution in [0.4, 0.5) is 4.39 Å². The summed E-state index contributed by atoms with van der Waals surface area (Å²) in [5.74, 6) is -0.0492. The molecular weight excluding hydrogens is 533 g/mol. The number of oxime groups is 2. The number of nitrogens with zero attached hydrogens (tertiary/aromatic N) is 3. The Morgan fingerprint density at radius 3 is 2.10 bits per heavy atom. The van der Waals surface area contributed by atoms with Gasteiger partial charge >= 0.3 is 11.9 Å². The average Bonchev–Trinajstić information content (AvgIpc) is 2.96. The van der Waals surface area contributed by atoms with E-state index in [1.165, 1.54) is 26.0 Å². The predicted octanol–water partition coefficient (Wildman–Crippen LogP) is 3.53. The van der Waals surface area contributed by atoms with Crippen LogP contribution in [0.5, 0.6) is 11.5 Å². The molecule has 0 spiro atoms. The van der Waals surface area contributed by atoms with Gasteiger partial charge in [-0.15, -0.1) is 0 Å². The van der Waals surface area contributed by atoms with Crippen molar-refractivity contribution < 1.29 is 33.1 Å². The fourth-order valence-electron chi connectivity index (χ4n) is 4.38. The van der Waals surface area contributed by atoms with Gasteiger partial charge in [-0.1, -0.05) is 10.3 Å². The summed E-state index contributed by atoms with van der Waals surface area (Å²) >= 11 is 0. The van der Waals surface area contributed by atoms with Crippen molar-refractivity contribution in [2.45, 2.75) is 46.0 Å². The lowest BCUT2D eigenvalue weighted by molar-refractivity contribution is -0.141. The number of carbonyl (C=O) groups is 2. The summed E-state index contributed by atoms with van der Waals surface area (Å²) in [5.41, 5.74) is 12.1. The molecule has 1 fully saturated rings. The molecule has 0 bridgehead atoms. The molecular formula is C29H38FN5O6. The molecule has 0 aliphatic carbocycles. The van der Waals surface area contributed by atoms with Crippen molar-refractivity contribution in [3.63, 3.8) is 0 Å². The van der Waals surface area contributed by atoms with E-state index in [9.17, 15) is 14.0 Å². The van der Waals surface area contributed by atoms with Crippen LogP contribution in [-0.2, 0) is 19.3 Å². The Bertz CT molecular complexity index is 1210. The molecule has 0 radical (unpaired) electrons. The number of benzene rings is 2. The summed E-state index contributed by atoms with van der Waals surface area (Å²) in [6.45, 7) is 6.65. The molecule has 1 heterocycles. The van der Waals surface area contributed by atoms with E-state index in [0.29, 0.717) is 30.4 Å². The van der Waals surface area contributed by atoms with Crippen LogP contribution < -0.4 is 20.9 Å². The Hall–Kier alpha value is -4.19. The normalized spacial score (nSPS) is 14.9. The number of rotatable bonds is 14. The second-order valence-corrected chi connectivity index (χ2v) is 9.76. The molecule has 0 unspecified atom stereocenters. The highest BCUT2D eigenvalue weighted by Crippen LogP contribution is 2.23. The third-order valence-electron chi connectivity index (χ3n) is 6.53. The zero-order valence-corrected chi connectivity index (χ0v) is 23.5. The molecule has 41 heavy (non-hydrogen) atoms. The SMILES string of the molecule is CC(=O)ON=C(N)c1ccc(OCCCN2CCC(CCCOc3ccc(C(N)=NOC(C)=O)c(F)c3)CC2)cc1. The number of hydrogen-bond donors (Lipinski definition) is 2. The highest BCUT2D eigenvalue weighted by atomic mass is 19.1. The Kier molecular flexibility index (Phi) is 12.4. The Morgan fingerprint density at radius 2 is 1.46 bits per heavy atom. The first kappa shape index (κ1) is 31.3. The van der Waals surface area contributed by atoms with Gasteiger partial charge in [-0.3, -0.25) is 0 Å². The molecule has 1 aliphatic rings. The average molecular weight is 572 g/mol. The van der Waals surface area contributed by atoms with Crippen LogP contribution >= 0.6 is 0 Å². The number of nitrogens with two attached hydrogens (primary N) is 2. The first-order valence-corrected chi connectivity index (χ1v) is 13.6. The van der Waals surface area contributed by atoms with Gasteiger partial charge in [0.1, 0.15) is 17.3 Å². The van der Waals surface area contributed by atoms with Crippen LogP contribution in [0, 0.1) is 11.7 Å². The number of hydrogen-bond acceptors (Lipinski definition) is 9. The third kappa shape index (κ3) is 11.1. The lowest BCUT2D eigenvalue weighted by Crippen LogP contribution is -2.35. The van der Waals surface area contributed by atoms with Crippen molar-refractivity contribution in [1.29, 1.82) is 0 Å². The molecule has 3 rings (SSSR count). The maximum Gasteiger partial charge on any atom is 0.332 e. The second kappa shape index (κ2) is 16.2. The van der Waals surface area contributed by atoms with Gasteiger partial charge in [0.2, 0.25) is 0 Å². The third-order valence-corrected chi connectivity index (χ3v) is 6.53. The fourth-order valence-corrected chi connectivity index (χ4v) is 4.38. The van der Waals surface area contributed by atoms with E-state index in [-0.39, 0.29) is 17.2 Å². The van der Waals surface area contributed by atoms with Gasteiger partial charge in [-0.2, -0.15) is 0 Å². The number of piperidine rings is 1. The number of carbonyl (C=O) groups excluding carboxylic acids is 2. The van der Waals surface area contributed by atoms with Crippen molar-refractivity contribution in [2.24, 2.45) is 27.7 Å². The van der Waals surface area contributed by atoms with Crippen LogP contribution in [-0.4, -0.2) is 61.4 Å². The molecule has 2 aromatic rings. The standard InChI is InChI=1S/C29H38FN5O6/c1-20(36)40-33-28(31)23-6-8-24(9-7-23)38-18-4-14-35-15-12-22(13-16-35)5-3-17-39-25-10-11-26(27(30)19-25)29(32)34-41-21(2)37/h6-11,19,22H,3-5,12-18H2,1-2H3,(H2,31,33)(H2,32,34). The number of ether oxygens (including phenoxy) is 2. The second-order valence-electron chi connectivity index (χ2n) is 9.76. The number of amidine groups is 2. The molecule has 0 saturated carbocycles. The maximum atomic E-state index is 14.3. The molecule has 1 aliphatic heterocycles. The van der Waals surface area contributed by atoms with E-state index in [4.69, 9.17) is 20.9 Å². The molecule has 1 saturated heterocycles. The summed E-state index contributed by atoms with van der Waals surface area (Å²) in [6, 6.07) is 11.5. The minimum atomic E-state index is -0.637. The van der Waals surface area contributed by atoms with Gasteiger partial charge in [0.05, 0.1) is 18.8 Å². The minimum Gasteiger partial charge on any atom is -0.494 e. The smallest absolute Gasteiger partial charge is 0.332 e. The van der Waals surface area contributed by atoms with E-state index >= 15 is 0 Å². The monoisotopic (exact) mass is 571 g/mol. The van der Waals surface area contributed by atoms with E-state index in [1.54, 1.807) is 18.2 Å². The Balaban J connectivity index is 1.27. The Labute approximate surface area is 239 Å². The molecule has 11 nitrogen and oxygen atoms in total. The van der Waals surface area contributed by atoms with Crippen molar-refractivity contribution >= 4 is 23.6 Å². The van der Waals surface area contributed by atoms with Gasteiger partial charge in [0.15, 0.2) is 11.7 Å². The topological polar surface area (TPSA) is 151 Å². The van der Waals surface area contributed by atoms with Crippen molar-refractivity contribution in [3.8, 4) is 11.5 Å². The molecule has 4 N–H and O–H groups in total. The molecule has 2 aromatic carbocycles.